The van der Waals surface area contributed by atoms with Crippen LogP contribution in [0.15, 0.2) is 0 Å². The van der Waals surface area contributed by atoms with Crippen molar-refractivity contribution in [3.8, 4) is 0 Å². The number of likely N-dealkylation sites (tertiary alicyclic amines) is 2. The van der Waals surface area contributed by atoms with Crippen molar-refractivity contribution in [1.82, 2.24) is 15.1 Å². The third-order valence-electron chi connectivity index (χ3n) is 4.25. The average molecular weight is 283 g/mol. The number of rotatable bonds is 1. The summed E-state index contributed by atoms with van der Waals surface area (Å²) in [6.45, 7) is 4.18. The third kappa shape index (κ3) is 3.55. The Morgan fingerprint density at radius 1 is 1.15 bits per heavy atom. The maximum Gasteiger partial charge on any atom is 0.409 e. The van der Waals surface area contributed by atoms with Crippen LogP contribution in [0.2, 0.25) is 0 Å². The summed E-state index contributed by atoms with van der Waals surface area (Å²) in [5.41, 5.74) is 0. The number of ether oxygens (including phenoxy) is 1. The summed E-state index contributed by atoms with van der Waals surface area (Å²) in [7, 11) is 1.39. The molecule has 20 heavy (non-hydrogen) atoms. The molecule has 0 radical (unpaired) electrons. The van der Waals surface area contributed by atoms with Crippen molar-refractivity contribution in [2.45, 2.75) is 51.1 Å². The first-order valence-corrected chi connectivity index (χ1v) is 7.52. The van der Waals surface area contributed by atoms with E-state index in [1.807, 2.05) is 4.90 Å². The summed E-state index contributed by atoms with van der Waals surface area (Å²) in [6, 6.07) is 0.349. The second kappa shape index (κ2) is 6.81. The quantitative estimate of drug-likeness (QED) is 0.798. The zero-order chi connectivity index (χ0) is 14.5. The molecule has 2 fully saturated rings. The Morgan fingerprint density at radius 2 is 1.95 bits per heavy atom. The Kier molecular flexibility index (Phi) is 5.09. The molecule has 0 unspecified atom stereocenters. The van der Waals surface area contributed by atoms with E-state index in [1.165, 1.54) is 13.5 Å². The predicted molar refractivity (Wildman–Crippen MR) is 75.6 cm³/mol. The Hall–Kier alpha value is -1.46. The van der Waals surface area contributed by atoms with Crippen LogP contribution in [0.3, 0.4) is 0 Å². The second-order valence-electron chi connectivity index (χ2n) is 5.74. The lowest BCUT2D eigenvalue weighted by Gasteiger charge is -2.37. The highest BCUT2D eigenvalue weighted by Gasteiger charge is 2.28. The fourth-order valence-corrected chi connectivity index (χ4v) is 3.05. The number of hydrogen-bond acceptors (Lipinski definition) is 3. The molecule has 0 saturated carbocycles. The van der Waals surface area contributed by atoms with E-state index in [4.69, 9.17) is 4.74 Å². The normalized spacial score (nSPS) is 27.1. The lowest BCUT2D eigenvalue weighted by molar-refractivity contribution is 0.104. The molecule has 0 bridgehead atoms. The standard InChI is InChI=1S/C14H25N3O3/c1-11-6-3-4-9-17(11)13(18)15-12-7-5-8-16(10-12)14(19)20-2/h11-12H,3-10H2,1-2H3,(H,15,18)/t11-,12-/m1/s1. The van der Waals surface area contributed by atoms with Crippen LogP contribution in [0.25, 0.3) is 0 Å². The first-order chi connectivity index (χ1) is 9.61. The fraction of sp³-hybridized carbons (Fsp3) is 0.857. The number of carbonyl (C=O) groups excluding carboxylic acids is 2. The monoisotopic (exact) mass is 283 g/mol. The Balaban J connectivity index is 1.85. The first-order valence-electron chi connectivity index (χ1n) is 7.52. The molecule has 0 spiro atoms. The molecule has 0 aliphatic carbocycles. The highest BCUT2D eigenvalue weighted by Crippen LogP contribution is 2.17. The van der Waals surface area contributed by atoms with E-state index in [0.29, 0.717) is 19.1 Å². The van der Waals surface area contributed by atoms with Gasteiger partial charge in [-0.25, -0.2) is 9.59 Å². The van der Waals surface area contributed by atoms with Gasteiger partial charge in [-0.2, -0.15) is 0 Å². The molecule has 1 N–H and O–H groups in total. The summed E-state index contributed by atoms with van der Waals surface area (Å²) in [5.74, 6) is 0. The van der Waals surface area contributed by atoms with Gasteiger partial charge in [0.05, 0.1) is 7.11 Å². The lowest BCUT2D eigenvalue weighted by Crippen LogP contribution is -2.55. The molecule has 114 valence electrons. The zero-order valence-corrected chi connectivity index (χ0v) is 12.4. The van der Waals surface area contributed by atoms with Crippen LogP contribution in [0.4, 0.5) is 9.59 Å². The van der Waals surface area contributed by atoms with E-state index in [1.54, 1.807) is 4.90 Å². The number of methoxy groups -OCH3 is 1. The third-order valence-corrected chi connectivity index (χ3v) is 4.25. The SMILES string of the molecule is COC(=O)N1CCC[C@@H](NC(=O)N2CCCC[C@H]2C)C1. The minimum absolute atomic E-state index is 0.00826. The first kappa shape index (κ1) is 14.9. The van der Waals surface area contributed by atoms with Gasteiger partial charge in [-0.3, -0.25) is 0 Å². The van der Waals surface area contributed by atoms with E-state index in [2.05, 4.69) is 12.2 Å². The van der Waals surface area contributed by atoms with Crippen molar-refractivity contribution >= 4 is 12.1 Å². The highest BCUT2D eigenvalue weighted by atomic mass is 16.5. The van der Waals surface area contributed by atoms with Gasteiger partial charge in [0.25, 0.3) is 0 Å². The molecule has 0 aromatic heterocycles. The van der Waals surface area contributed by atoms with Crippen molar-refractivity contribution in [3.63, 3.8) is 0 Å². The van der Waals surface area contributed by atoms with Gasteiger partial charge in [-0.1, -0.05) is 0 Å². The number of piperidine rings is 2. The summed E-state index contributed by atoms with van der Waals surface area (Å²) in [4.78, 5) is 27.4. The molecular formula is C14H25N3O3. The van der Waals surface area contributed by atoms with E-state index in [0.717, 1.165) is 32.2 Å². The van der Waals surface area contributed by atoms with Crippen LogP contribution in [-0.4, -0.2) is 60.8 Å². The minimum atomic E-state index is -0.310. The molecule has 2 saturated heterocycles. The summed E-state index contributed by atoms with van der Waals surface area (Å²) in [5, 5.41) is 3.07. The average Bonchev–Trinajstić information content (AvgIpc) is 2.47. The number of urea groups is 1. The van der Waals surface area contributed by atoms with Crippen LogP contribution in [0.1, 0.15) is 39.0 Å². The predicted octanol–water partition coefficient (Wildman–Crippen LogP) is 1.80. The molecule has 2 heterocycles. The fourth-order valence-electron chi connectivity index (χ4n) is 3.05. The van der Waals surface area contributed by atoms with E-state index in [9.17, 15) is 9.59 Å². The van der Waals surface area contributed by atoms with E-state index < -0.39 is 0 Å². The van der Waals surface area contributed by atoms with Crippen molar-refractivity contribution in [1.29, 1.82) is 0 Å². The summed E-state index contributed by atoms with van der Waals surface area (Å²) >= 11 is 0. The lowest BCUT2D eigenvalue weighted by atomic mass is 10.0. The van der Waals surface area contributed by atoms with Crippen molar-refractivity contribution < 1.29 is 14.3 Å². The summed E-state index contributed by atoms with van der Waals surface area (Å²) < 4.78 is 4.74. The van der Waals surface area contributed by atoms with Gasteiger partial charge < -0.3 is 19.9 Å². The van der Waals surface area contributed by atoms with Gasteiger partial charge in [0.1, 0.15) is 0 Å². The van der Waals surface area contributed by atoms with Crippen LogP contribution >= 0.6 is 0 Å². The second-order valence-corrected chi connectivity index (χ2v) is 5.74. The summed E-state index contributed by atoms with van der Waals surface area (Å²) in [6.07, 6.45) is 4.86. The van der Waals surface area contributed by atoms with Crippen molar-refractivity contribution in [2.75, 3.05) is 26.7 Å². The number of hydrogen-bond donors (Lipinski definition) is 1. The van der Waals surface area contributed by atoms with Crippen LogP contribution in [0, 0.1) is 0 Å². The molecule has 6 nitrogen and oxygen atoms in total. The molecule has 2 aliphatic rings. The van der Waals surface area contributed by atoms with Crippen molar-refractivity contribution in [2.24, 2.45) is 0 Å². The van der Waals surface area contributed by atoms with Crippen LogP contribution < -0.4 is 5.32 Å². The number of nitrogens with zero attached hydrogens (tertiary/aromatic N) is 2. The molecule has 2 atom stereocenters. The Bertz CT molecular complexity index is 362. The topological polar surface area (TPSA) is 61.9 Å². The maximum absolute atomic E-state index is 12.3. The van der Waals surface area contributed by atoms with Crippen LogP contribution in [-0.2, 0) is 4.74 Å². The van der Waals surface area contributed by atoms with Gasteiger partial charge >= 0.3 is 12.1 Å². The van der Waals surface area contributed by atoms with E-state index in [-0.39, 0.29) is 18.2 Å². The minimum Gasteiger partial charge on any atom is -0.453 e. The molecule has 3 amide bonds. The van der Waals surface area contributed by atoms with Crippen LogP contribution in [0.5, 0.6) is 0 Å². The number of amides is 3. The highest BCUT2D eigenvalue weighted by molar-refractivity contribution is 5.75. The van der Waals surface area contributed by atoms with E-state index >= 15 is 0 Å². The van der Waals surface area contributed by atoms with Gasteiger partial charge in [-0.05, 0) is 39.0 Å². The molecule has 6 heteroatoms. The van der Waals surface area contributed by atoms with Gasteiger partial charge in [-0.15, -0.1) is 0 Å². The van der Waals surface area contributed by atoms with Gasteiger partial charge in [0.2, 0.25) is 0 Å². The molecule has 2 rings (SSSR count). The molecular weight excluding hydrogens is 258 g/mol. The Morgan fingerprint density at radius 3 is 2.65 bits per heavy atom. The smallest absolute Gasteiger partial charge is 0.409 e. The largest absolute Gasteiger partial charge is 0.453 e. The zero-order valence-electron chi connectivity index (χ0n) is 12.4. The maximum atomic E-state index is 12.3. The van der Waals surface area contributed by atoms with Crippen molar-refractivity contribution in [3.05, 3.63) is 0 Å². The molecule has 0 aromatic rings. The van der Waals surface area contributed by atoms with Gasteiger partial charge in [0, 0.05) is 31.7 Å². The molecule has 2 aliphatic heterocycles. The number of nitrogens with one attached hydrogen (secondary N) is 1. The molecule has 0 aromatic carbocycles. The number of carbonyl (C=O) groups is 2. The Labute approximate surface area is 120 Å². The van der Waals surface area contributed by atoms with Gasteiger partial charge in [0.15, 0.2) is 0 Å².